The first-order valence-corrected chi connectivity index (χ1v) is 6.89. The summed E-state index contributed by atoms with van der Waals surface area (Å²) in [6.45, 7) is 4.63. The Kier molecular flexibility index (Phi) is 3.20. The van der Waals surface area contributed by atoms with Gasteiger partial charge in [0.2, 0.25) is 0 Å². The van der Waals surface area contributed by atoms with Gasteiger partial charge in [0.05, 0.1) is 0 Å². The van der Waals surface area contributed by atoms with Crippen LogP contribution in [0.3, 0.4) is 0 Å². The monoisotopic (exact) mass is 266 g/mol. The fourth-order valence-corrected chi connectivity index (χ4v) is 2.53. The van der Waals surface area contributed by atoms with Crippen LogP contribution >= 0.6 is 15.9 Å². The summed E-state index contributed by atoms with van der Waals surface area (Å²) >= 11 is 3.59. The standard InChI is InChI=1S/C14H19Br/c1-14(2,10-15)9-11-6-7-12-4-3-5-13(12)8-11/h6-8H,3-5,9-10H2,1-2H3. The Morgan fingerprint density at radius 3 is 2.67 bits per heavy atom. The third-order valence-corrected chi connectivity index (χ3v) is 4.73. The molecular weight excluding hydrogens is 248 g/mol. The van der Waals surface area contributed by atoms with E-state index in [1.807, 2.05) is 0 Å². The lowest BCUT2D eigenvalue weighted by molar-refractivity contribution is 0.425. The summed E-state index contributed by atoms with van der Waals surface area (Å²) in [7, 11) is 0. The molecule has 0 saturated carbocycles. The lowest BCUT2D eigenvalue weighted by Gasteiger charge is -2.21. The number of halogens is 1. The zero-order valence-electron chi connectivity index (χ0n) is 9.65. The molecule has 1 aliphatic carbocycles. The molecule has 0 heterocycles. The van der Waals surface area contributed by atoms with E-state index < -0.39 is 0 Å². The molecule has 1 aromatic carbocycles. The topological polar surface area (TPSA) is 0 Å². The molecule has 0 nitrogen and oxygen atoms in total. The highest BCUT2D eigenvalue weighted by Gasteiger charge is 2.18. The van der Waals surface area contributed by atoms with Crippen LogP contribution in [0.5, 0.6) is 0 Å². The average Bonchev–Trinajstić information content (AvgIpc) is 2.64. The van der Waals surface area contributed by atoms with Crippen molar-refractivity contribution in [1.82, 2.24) is 0 Å². The molecule has 0 aliphatic heterocycles. The summed E-state index contributed by atoms with van der Waals surface area (Å²) in [6.07, 6.45) is 5.10. The van der Waals surface area contributed by atoms with Crippen LogP contribution in [0.25, 0.3) is 0 Å². The number of benzene rings is 1. The van der Waals surface area contributed by atoms with Crippen LogP contribution in [-0.2, 0) is 19.3 Å². The lowest BCUT2D eigenvalue weighted by Crippen LogP contribution is -2.16. The van der Waals surface area contributed by atoms with Gasteiger partial charge in [-0.3, -0.25) is 0 Å². The molecule has 0 amide bonds. The maximum absolute atomic E-state index is 3.59. The van der Waals surface area contributed by atoms with Crippen molar-refractivity contribution >= 4 is 15.9 Å². The van der Waals surface area contributed by atoms with E-state index in [1.54, 1.807) is 11.1 Å². The molecule has 0 spiro atoms. The summed E-state index contributed by atoms with van der Waals surface area (Å²) in [5.74, 6) is 0. The minimum absolute atomic E-state index is 0.368. The second-order valence-corrected chi connectivity index (χ2v) is 5.99. The second kappa shape index (κ2) is 4.29. The van der Waals surface area contributed by atoms with Crippen molar-refractivity contribution in [3.05, 3.63) is 34.9 Å². The fourth-order valence-electron chi connectivity index (χ4n) is 2.33. The molecule has 0 bridgehead atoms. The maximum Gasteiger partial charge on any atom is 0.00858 e. The normalized spacial score (nSPS) is 15.4. The summed E-state index contributed by atoms with van der Waals surface area (Å²) in [4.78, 5) is 0. The molecule has 0 unspecified atom stereocenters. The van der Waals surface area contributed by atoms with Crippen LogP contribution in [0.15, 0.2) is 18.2 Å². The first-order chi connectivity index (χ1) is 7.11. The minimum Gasteiger partial charge on any atom is -0.0922 e. The summed E-state index contributed by atoms with van der Waals surface area (Å²) in [5.41, 5.74) is 5.04. The van der Waals surface area contributed by atoms with Gasteiger partial charge in [0.1, 0.15) is 0 Å². The van der Waals surface area contributed by atoms with E-state index in [0.717, 1.165) is 5.33 Å². The summed E-state index contributed by atoms with van der Waals surface area (Å²) in [5, 5.41) is 1.07. The molecule has 0 fully saturated rings. The number of hydrogen-bond acceptors (Lipinski definition) is 0. The van der Waals surface area contributed by atoms with Gasteiger partial charge in [-0.05, 0) is 47.8 Å². The van der Waals surface area contributed by atoms with Crippen molar-refractivity contribution in [2.24, 2.45) is 5.41 Å². The Morgan fingerprint density at radius 1 is 1.20 bits per heavy atom. The van der Waals surface area contributed by atoms with Crippen LogP contribution in [-0.4, -0.2) is 5.33 Å². The molecule has 1 aliphatic rings. The average molecular weight is 267 g/mol. The van der Waals surface area contributed by atoms with E-state index in [-0.39, 0.29) is 0 Å². The number of rotatable bonds is 3. The third-order valence-electron chi connectivity index (χ3n) is 3.21. The van der Waals surface area contributed by atoms with Gasteiger partial charge in [-0.25, -0.2) is 0 Å². The van der Waals surface area contributed by atoms with Gasteiger partial charge in [0.25, 0.3) is 0 Å². The van der Waals surface area contributed by atoms with Crippen LogP contribution < -0.4 is 0 Å². The number of aryl methyl sites for hydroxylation is 2. The highest BCUT2D eigenvalue weighted by atomic mass is 79.9. The van der Waals surface area contributed by atoms with Crippen molar-refractivity contribution < 1.29 is 0 Å². The Morgan fingerprint density at radius 2 is 1.93 bits per heavy atom. The number of alkyl halides is 1. The van der Waals surface area contributed by atoms with E-state index in [2.05, 4.69) is 48.0 Å². The number of fused-ring (bicyclic) bond motifs is 1. The van der Waals surface area contributed by atoms with Gasteiger partial charge in [0.15, 0.2) is 0 Å². The fraction of sp³-hybridized carbons (Fsp3) is 0.571. The van der Waals surface area contributed by atoms with Crippen molar-refractivity contribution in [3.63, 3.8) is 0 Å². The molecule has 2 rings (SSSR count). The zero-order chi connectivity index (χ0) is 10.9. The minimum atomic E-state index is 0.368. The summed E-state index contributed by atoms with van der Waals surface area (Å²) in [6, 6.07) is 7.07. The van der Waals surface area contributed by atoms with Crippen LogP contribution in [0, 0.1) is 5.41 Å². The SMILES string of the molecule is CC(C)(CBr)Cc1ccc2c(c1)CCC2. The zero-order valence-corrected chi connectivity index (χ0v) is 11.2. The van der Waals surface area contributed by atoms with Crippen LogP contribution in [0.2, 0.25) is 0 Å². The van der Waals surface area contributed by atoms with E-state index in [1.165, 1.54) is 31.2 Å². The van der Waals surface area contributed by atoms with Crippen molar-refractivity contribution in [2.75, 3.05) is 5.33 Å². The van der Waals surface area contributed by atoms with E-state index in [4.69, 9.17) is 0 Å². The van der Waals surface area contributed by atoms with Crippen LogP contribution in [0.4, 0.5) is 0 Å². The molecule has 1 aromatic rings. The predicted molar refractivity (Wildman–Crippen MR) is 69.7 cm³/mol. The van der Waals surface area contributed by atoms with E-state index in [0.29, 0.717) is 5.41 Å². The van der Waals surface area contributed by atoms with Crippen LogP contribution in [0.1, 0.15) is 37.0 Å². The lowest BCUT2D eigenvalue weighted by atomic mass is 9.87. The first-order valence-electron chi connectivity index (χ1n) is 5.77. The van der Waals surface area contributed by atoms with Gasteiger partial charge in [-0.2, -0.15) is 0 Å². The van der Waals surface area contributed by atoms with Gasteiger partial charge in [0, 0.05) is 5.33 Å². The summed E-state index contributed by atoms with van der Waals surface area (Å²) < 4.78 is 0. The van der Waals surface area contributed by atoms with Crippen molar-refractivity contribution in [3.8, 4) is 0 Å². The van der Waals surface area contributed by atoms with Crippen molar-refractivity contribution in [2.45, 2.75) is 39.5 Å². The second-order valence-electron chi connectivity index (χ2n) is 5.43. The quantitative estimate of drug-likeness (QED) is 0.722. The highest BCUT2D eigenvalue weighted by molar-refractivity contribution is 9.09. The molecule has 0 aromatic heterocycles. The van der Waals surface area contributed by atoms with Gasteiger partial charge >= 0.3 is 0 Å². The molecule has 0 N–H and O–H groups in total. The highest BCUT2D eigenvalue weighted by Crippen LogP contribution is 2.28. The Hall–Kier alpha value is -0.300. The molecular formula is C14H19Br. The Bertz CT molecular complexity index is 352. The maximum atomic E-state index is 3.59. The van der Waals surface area contributed by atoms with E-state index >= 15 is 0 Å². The largest absolute Gasteiger partial charge is 0.0922 e. The molecule has 0 atom stereocenters. The molecule has 1 heteroatoms. The Labute approximate surface area is 101 Å². The third kappa shape index (κ3) is 2.63. The molecule has 82 valence electrons. The first kappa shape index (κ1) is 11.2. The molecule has 0 radical (unpaired) electrons. The van der Waals surface area contributed by atoms with Gasteiger partial charge in [-0.1, -0.05) is 48.0 Å². The predicted octanol–water partition coefficient (Wildman–Crippen LogP) is 4.14. The van der Waals surface area contributed by atoms with Gasteiger partial charge < -0.3 is 0 Å². The molecule has 15 heavy (non-hydrogen) atoms. The smallest absolute Gasteiger partial charge is 0.00858 e. The Balaban J connectivity index is 2.17. The number of hydrogen-bond donors (Lipinski definition) is 0. The van der Waals surface area contributed by atoms with E-state index in [9.17, 15) is 0 Å². The van der Waals surface area contributed by atoms with Gasteiger partial charge in [-0.15, -0.1) is 0 Å². The van der Waals surface area contributed by atoms with Crippen molar-refractivity contribution in [1.29, 1.82) is 0 Å². The molecule has 0 saturated heterocycles.